The van der Waals surface area contributed by atoms with Crippen LogP contribution in [0.3, 0.4) is 0 Å². The standard InChI is InChI=1S/C22H20INO7/c1-30-17-9-7-15(8-10-17)11-24-19(28)22(23,18(27)21(24,13-25)14-26)20(29)31-12-16-5-3-2-4-6-16/h2-10,13,26H,11-12,14H2,1H3. The van der Waals surface area contributed by atoms with Crippen LogP contribution in [-0.4, -0.2) is 56.6 Å². The molecule has 1 aliphatic rings. The van der Waals surface area contributed by atoms with Crippen molar-refractivity contribution in [2.24, 2.45) is 0 Å². The average molecular weight is 537 g/mol. The Kier molecular flexibility index (Phi) is 6.75. The van der Waals surface area contributed by atoms with Gasteiger partial charge in [-0.2, -0.15) is 0 Å². The maximum absolute atomic E-state index is 13.3. The van der Waals surface area contributed by atoms with Crippen LogP contribution in [0.15, 0.2) is 54.6 Å². The second kappa shape index (κ2) is 9.15. The molecule has 3 rings (SSSR count). The summed E-state index contributed by atoms with van der Waals surface area (Å²) >= 11 is 1.42. The molecule has 1 amide bonds. The molecule has 9 heteroatoms. The van der Waals surface area contributed by atoms with Crippen molar-refractivity contribution in [3.05, 3.63) is 65.7 Å². The van der Waals surface area contributed by atoms with Crippen molar-refractivity contribution in [1.82, 2.24) is 4.90 Å². The average Bonchev–Trinajstić information content (AvgIpc) is 2.97. The lowest BCUT2D eigenvalue weighted by atomic mass is 9.92. The number of hydrogen-bond donors (Lipinski definition) is 1. The highest BCUT2D eigenvalue weighted by molar-refractivity contribution is 14.1. The summed E-state index contributed by atoms with van der Waals surface area (Å²) in [5.41, 5.74) is -0.920. The van der Waals surface area contributed by atoms with Crippen molar-refractivity contribution >= 4 is 46.5 Å². The summed E-state index contributed by atoms with van der Waals surface area (Å²) < 4.78 is 8.06. The lowest BCUT2D eigenvalue weighted by molar-refractivity contribution is -0.152. The Morgan fingerprint density at radius 3 is 2.29 bits per heavy atom. The molecular weight excluding hydrogens is 517 g/mol. The second-order valence-electron chi connectivity index (χ2n) is 6.99. The van der Waals surface area contributed by atoms with Gasteiger partial charge < -0.3 is 24.3 Å². The normalized spacial score (nSPS) is 23.0. The van der Waals surface area contributed by atoms with Gasteiger partial charge in [-0.15, -0.1) is 0 Å². The van der Waals surface area contributed by atoms with E-state index in [1.54, 1.807) is 54.6 Å². The molecular formula is C22H20INO7. The van der Waals surface area contributed by atoms with Crippen LogP contribution in [0.5, 0.6) is 5.75 Å². The molecule has 0 radical (unpaired) electrons. The van der Waals surface area contributed by atoms with E-state index in [0.29, 0.717) is 16.9 Å². The number of likely N-dealkylation sites (tertiary alicyclic amines) is 1. The Bertz CT molecular complexity index is 995. The molecule has 2 unspecified atom stereocenters. The lowest BCUT2D eigenvalue weighted by Gasteiger charge is -2.30. The number of alkyl halides is 1. The van der Waals surface area contributed by atoms with Gasteiger partial charge in [-0.1, -0.05) is 42.5 Å². The van der Waals surface area contributed by atoms with E-state index in [-0.39, 0.29) is 19.4 Å². The van der Waals surface area contributed by atoms with Crippen molar-refractivity contribution in [2.45, 2.75) is 22.1 Å². The number of aldehydes is 1. The van der Waals surface area contributed by atoms with Crippen LogP contribution in [0.2, 0.25) is 0 Å². The van der Waals surface area contributed by atoms with Gasteiger partial charge in [0.2, 0.25) is 5.78 Å². The number of amides is 1. The van der Waals surface area contributed by atoms with Crippen molar-refractivity contribution in [1.29, 1.82) is 0 Å². The summed E-state index contributed by atoms with van der Waals surface area (Å²) in [6.07, 6.45) is 0.210. The van der Waals surface area contributed by atoms with Crippen LogP contribution in [0.4, 0.5) is 0 Å². The number of aliphatic hydroxyl groups excluding tert-OH is 1. The molecule has 0 aliphatic carbocycles. The number of benzene rings is 2. The zero-order valence-electron chi connectivity index (χ0n) is 16.6. The molecule has 0 spiro atoms. The Morgan fingerprint density at radius 1 is 1.10 bits per heavy atom. The fourth-order valence-electron chi connectivity index (χ4n) is 3.33. The number of carbonyl (C=O) groups is 4. The predicted molar refractivity (Wildman–Crippen MR) is 117 cm³/mol. The number of halogens is 1. The Morgan fingerprint density at radius 2 is 1.74 bits per heavy atom. The van der Waals surface area contributed by atoms with E-state index < -0.39 is 33.2 Å². The minimum atomic E-state index is -2.28. The molecule has 1 N–H and O–H groups in total. The quantitative estimate of drug-likeness (QED) is 0.179. The van der Waals surface area contributed by atoms with Gasteiger partial charge in [0, 0.05) is 6.54 Å². The van der Waals surface area contributed by atoms with Gasteiger partial charge in [-0.05, 0) is 45.9 Å². The molecule has 8 nitrogen and oxygen atoms in total. The van der Waals surface area contributed by atoms with Crippen LogP contribution < -0.4 is 4.74 Å². The second-order valence-corrected chi connectivity index (χ2v) is 8.61. The molecule has 162 valence electrons. The molecule has 1 fully saturated rings. The fraction of sp³-hybridized carbons (Fsp3) is 0.273. The molecule has 0 saturated carbocycles. The molecule has 2 aromatic rings. The van der Waals surface area contributed by atoms with Gasteiger partial charge in [0.05, 0.1) is 13.7 Å². The first-order chi connectivity index (χ1) is 14.8. The Labute approximate surface area is 192 Å². The van der Waals surface area contributed by atoms with Gasteiger partial charge in [0.1, 0.15) is 12.4 Å². The van der Waals surface area contributed by atoms with Gasteiger partial charge >= 0.3 is 5.97 Å². The Balaban J connectivity index is 1.90. The van der Waals surface area contributed by atoms with Crippen molar-refractivity contribution in [3.8, 4) is 5.75 Å². The molecule has 2 atom stereocenters. The number of methoxy groups -OCH3 is 1. The number of aliphatic hydroxyl groups is 1. The summed E-state index contributed by atoms with van der Waals surface area (Å²) in [5.74, 6) is -2.42. The minimum absolute atomic E-state index is 0.142. The third-order valence-electron chi connectivity index (χ3n) is 5.16. The van der Waals surface area contributed by atoms with Crippen LogP contribution in [0.1, 0.15) is 11.1 Å². The summed E-state index contributed by atoms with van der Waals surface area (Å²) in [4.78, 5) is 52.2. The molecule has 1 heterocycles. The fourth-order valence-corrected chi connectivity index (χ4v) is 4.24. The van der Waals surface area contributed by atoms with E-state index >= 15 is 0 Å². The van der Waals surface area contributed by atoms with E-state index in [4.69, 9.17) is 9.47 Å². The number of ether oxygens (including phenoxy) is 2. The predicted octanol–water partition coefficient (Wildman–Crippen LogP) is 1.45. The van der Waals surface area contributed by atoms with Crippen molar-refractivity contribution in [3.63, 3.8) is 0 Å². The Hall–Kier alpha value is -2.79. The molecule has 2 aromatic carbocycles. The number of carbonyl (C=O) groups excluding carboxylic acids is 4. The highest BCUT2D eigenvalue weighted by atomic mass is 127. The van der Waals surface area contributed by atoms with E-state index in [1.807, 2.05) is 0 Å². The highest BCUT2D eigenvalue weighted by Gasteiger charge is 2.70. The minimum Gasteiger partial charge on any atom is -0.497 e. The maximum atomic E-state index is 13.3. The molecule has 31 heavy (non-hydrogen) atoms. The van der Waals surface area contributed by atoms with E-state index in [9.17, 15) is 24.3 Å². The summed E-state index contributed by atoms with van der Waals surface area (Å²) in [6.45, 7) is -1.25. The summed E-state index contributed by atoms with van der Waals surface area (Å²) in [5, 5.41) is 9.94. The highest BCUT2D eigenvalue weighted by Crippen LogP contribution is 2.41. The van der Waals surface area contributed by atoms with Gasteiger partial charge in [0.25, 0.3) is 9.33 Å². The molecule has 1 saturated heterocycles. The number of Topliss-reactive ketones (excluding diaryl/α,β-unsaturated/α-hetero) is 1. The maximum Gasteiger partial charge on any atom is 0.340 e. The number of hydrogen-bond acceptors (Lipinski definition) is 7. The zero-order valence-corrected chi connectivity index (χ0v) is 18.8. The SMILES string of the molecule is COc1ccc(CN2C(=O)C(I)(C(=O)OCc3ccccc3)C(=O)C2(C=O)CO)cc1. The zero-order chi connectivity index (χ0) is 22.6. The van der Waals surface area contributed by atoms with Crippen LogP contribution in [0, 0.1) is 0 Å². The molecule has 0 aromatic heterocycles. The van der Waals surface area contributed by atoms with E-state index in [0.717, 1.165) is 4.90 Å². The summed E-state index contributed by atoms with van der Waals surface area (Å²) in [7, 11) is 1.51. The smallest absolute Gasteiger partial charge is 0.340 e. The van der Waals surface area contributed by atoms with Crippen molar-refractivity contribution in [2.75, 3.05) is 13.7 Å². The number of esters is 1. The largest absolute Gasteiger partial charge is 0.497 e. The van der Waals surface area contributed by atoms with Crippen LogP contribution >= 0.6 is 22.6 Å². The third-order valence-corrected chi connectivity index (χ3v) is 6.55. The van der Waals surface area contributed by atoms with Crippen LogP contribution in [0.25, 0.3) is 0 Å². The van der Waals surface area contributed by atoms with Crippen LogP contribution in [-0.2, 0) is 37.1 Å². The number of ketones is 1. The first-order valence-corrected chi connectivity index (χ1v) is 10.4. The van der Waals surface area contributed by atoms with Gasteiger partial charge in [-0.3, -0.25) is 9.59 Å². The van der Waals surface area contributed by atoms with Crippen molar-refractivity contribution < 1.29 is 33.8 Å². The third kappa shape index (κ3) is 3.94. The monoisotopic (exact) mass is 537 g/mol. The molecule has 0 bridgehead atoms. The number of nitrogens with zero attached hydrogens (tertiary/aromatic N) is 1. The number of rotatable bonds is 8. The van der Waals surface area contributed by atoms with Gasteiger partial charge in [0.15, 0.2) is 11.8 Å². The van der Waals surface area contributed by atoms with E-state index in [2.05, 4.69) is 0 Å². The first-order valence-electron chi connectivity index (χ1n) is 9.30. The topological polar surface area (TPSA) is 110 Å². The summed E-state index contributed by atoms with van der Waals surface area (Å²) in [6, 6.07) is 15.4. The first kappa shape index (κ1) is 22.9. The molecule has 1 aliphatic heterocycles. The van der Waals surface area contributed by atoms with E-state index in [1.165, 1.54) is 29.7 Å². The van der Waals surface area contributed by atoms with Gasteiger partial charge in [-0.25, -0.2) is 4.79 Å². The lowest BCUT2D eigenvalue weighted by Crippen LogP contribution is -2.54.